The summed E-state index contributed by atoms with van der Waals surface area (Å²) in [5.74, 6) is 1.01. The summed E-state index contributed by atoms with van der Waals surface area (Å²) in [5.41, 5.74) is 0.467. The molecule has 2 nitrogen and oxygen atoms in total. The molecule has 2 saturated carbocycles. The summed E-state index contributed by atoms with van der Waals surface area (Å²) in [5, 5.41) is 3.87. The van der Waals surface area contributed by atoms with Gasteiger partial charge in [-0.3, -0.25) is 4.90 Å². The molecule has 0 radical (unpaired) electrons. The average molecular weight is 266 g/mol. The summed E-state index contributed by atoms with van der Waals surface area (Å²) >= 11 is 0. The molecule has 2 aliphatic rings. The quantitative estimate of drug-likeness (QED) is 0.718. The molecule has 1 unspecified atom stereocenters. The molecule has 2 fully saturated rings. The maximum Gasteiger partial charge on any atom is 0.0362 e. The van der Waals surface area contributed by atoms with Gasteiger partial charge in [0.1, 0.15) is 0 Å². The van der Waals surface area contributed by atoms with Gasteiger partial charge in [-0.15, -0.1) is 0 Å². The third-order valence-electron chi connectivity index (χ3n) is 5.76. The highest BCUT2D eigenvalue weighted by Gasteiger charge is 2.45. The second kappa shape index (κ2) is 7.08. The van der Waals surface area contributed by atoms with Crippen molar-refractivity contribution in [2.24, 2.45) is 5.92 Å². The molecule has 2 rings (SSSR count). The molecule has 1 atom stereocenters. The lowest BCUT2D eigenvalue weighted by Crippen LogP contribution is -2.60. The molecule has 0 aromatic carbocycles. The van der Waals surface area contributed by atoms with Gasteiger partial charge in [0.25, 0.3) is 0 Å². The van der Waals surface area contributed by atoms with E-state index in [2.05, 4.69) is 31.0 Å². The van der Waals surface area contributed by atoms with Crippen molar-refractivity contribution in [1.29, 1.82) is 0 Å². The van der Waals surface area contributed by atoms with Crippen LogP contribution in [0.15, 0.2) is 0 Å². The zero-order chi connectivity index (χ0) is 13.7. The van der Waals surface area contributed by atoms with Crippen LogP contribution in [-0.4, -0.2) is 36.1 Å². The van der Waals surface area contributed by atoms with Gasteiger partial charge in [-0.1, -0.05) is 52.9 Å². The lowest BCUT2D eigenvalue weighted by Gasteiger charge is -2.48. The molecular formula is C17H34N2. The smallest absolute Gasteiger partial charge is 0.0362 e. The summed E-state index contributed by atoms with van der Waals surface area (Å²) in [7, 11) is 0. The molecule has 0 aliphatic heterocycles. The van der Waals surface area contributed by atoms with E-state index in [1.807, 2.05) is 0 Å². The Morgan fingerprint density at radius 3 is 2.11 bits per heavy atom. The fraction of sp³-hybridized carbons (Fsp3) is 1.00. The van der Waals surface area contributed by atoms with Crippen LogP contribution < -0.4 is 5.32 Å². The zero-order valence-corrected chi connectivity index (χ0v) is 13.4. The molecule has 0 amide bonds. The van der Waals surface area contributed by atoms with Crippen LogP contribution in [0.4, 0.5) is 0 Å². The minimum Gasteiger partial charge on any atom is -0.312 e. The van der Waals surface area contributed by atoms with Crippen molar-refractivity contribution in [3.63, 3.8) is 0 Å². The number of rotatable bonds is 8. The van der Waals surface area contributed by atoms with Crippen LogP contribution in [0.25, 0.3) is 0 Å². The van der Waals surface area contributed by atoms with Crippen LogP contribution in [0.5, 0.6) is 0 Å². The largest absolute Gasteiger partial charge is 0.312 e. The first-order valence-corrected chi connectivity index (χ1v) is 8.75. The van der Waals surface area contributed by atoms with E-state index in [1.165, 1.54) is 64.5 Å². The first kappa shape index (κ1) is 15.3. The highest BCUT2D eigenvalue weighted by atomic mass is 15.2. The van der Waals surface area contributed by atoms with Crippen LogP contribution in [0.3, 0.4) is 0 Å². The van der Waals surface area contributed by atoms with E-state index in [1.54, 1.807) is 0 Å². The number of nitrogens with zero attached hydrogens (tertiary/aromatic N) is 1. The first-order valence-electron chi connectivity index (χ1n) is 8.75. The summed E-state index contributed by atoms with van der Waals surface area (Å²) in [6.45, 7) is 10.5. The van der Waals surface area contributed by atoms with Crippen LogP contribution >= 0.6 is 0 Å². The summed E-state index contributed by atoms with van der Waals surface area (Å²) < 4.78 is 0. The van der Waals surface area contributed by atoms with Crippen molar-refractivity contribution in [1.82, 2.24) is 10.2 Å². The maximum absolute atomic E-state index is 3.87. The predicted octanol–water partition coefficient (Wildman–Crippen LogP) is 3.81. The van der Waals surface area contributed by atoms with Crippen LogP contribution in [-0.2, 0) is 0 Å². The molecule has 0 spiro atoms. The Hall–Kier alpha value is -0.0800. The molecule has 1 N–H and O–H groups in total. The number of likely N-dealkylation sites (N-methyl/N-ethyl adjacent to an activating group) is 2. The summed E-state index contributed by atoms with van der Waals surface area (Å²) in [4.78, 5) is 2.77. The minimum absolute atomic E-state index is 0.467. The monoisotopic (exact) mass is 266 g/mol. The predicted molar refractivity (Wildman–Crippen MR) is 83.5 cm³/mol. The Morgan fingerprint density at radius 1 is 1.05 bits per heavy atom. The van der Waals surface area contributed by atoms with E-state index in [9.17, 15) is 0 Å². The van der Waals surface area contributed by atoms with E-state index in [4.69, 9.17) is 0 Å². The van der Waals surface area contributed by atoms with E-state index in [0.29, 0.717) is 5.54 Å². The fourth-order valence-corrected chi connectivity index (χ4v) is 4.53. The fourth-order valence-electron chi connectivity index (χ4n) is 4.53. The number of nitrogens with one attached hydrogen (secondary N) is 1. The highest BCUT2D eigenvalue weighted by Crippen LogP contribution is 2.42. The third-order valence-corrected chi connectivity index (χ3v) is 5.76. The van der Waals surface area contributed by atoms with Crippen molar-refractivity contribution < 1.29 is 0 Å². The summed E-state index contributed by atoms with van der Waals surface area (Å²) in [6, 6.07) is 0.727. The Kier molecular flexibility index (Phi) is 5.70. The Balaban J connectivity index is 2.11. The molecule has 0 bridgehead atoms. The SMILES string of the molecule is CCNC(CC1CCC1)C1(N(CC)CC)CCCC1. The van der Waals surface area contributed by atoms with Crippen LogP contribution in [0.2, 0.25) is 0 Å². The normalized spacial score (nSPS) is 24.6. The topological polar surface area (TPSA) is 15.3 Å². The highest BCUT2D eigenvalue weighted by molar-refractivity contribution is 5.04. The van der Waals surface area contributed by atoms with Gasteiger partial charge in [0.2, 0.25) is 0 Å². The third kappa shape index (κ3) is 3.16. The van der Waals surface area contributed by atoms with Gasteiger partial charge in [-0.05, 0) is 44.8 Å². The Morgan fingerprint density at radius 2 is 1.68 bits per heavy atom. The lowest BCUT2D eigenvalue weighted by molar-refractivity contribution is 0.0472. The Labute approximate surface area is 120 Å². The van der Waals surface area contributed by atoms with Crippen molar-refractivity contribution in [2.45, 2.75) is 83.7 Å². The van der Waals surface area contributed by atoms with Gasteiger partial charge in [0, 0.05) is 11.6 Å². The van der Waals surface area contributed by atoms with Crippen molar-refractivity contribution in [3.05, 3.63) is 0 Å². The second-order valence-corrected chi connectivity index (χ2v) is 6.63. The molecule has 0 saturated heterocycles. The minimum atomic E-state index is 0.467. The van der Waals surface area contributed by atoms with Gasteiger partial charge in [0.05, 0.1) is 0 Å². The number of hydrogen-bond acceptors (Lipinski definition) is 2. The lowest BCUT2D eigenvalue weighted by atomic mass is 9.74. The summed E-state index contributed by atoms with van der Waals surface area (Å²) in [6.07, 6.45) is 11.6. The van der Waals surface area contributed by atoms with Crippen molar-refractivity contribution in [2.75, 3.05) is 19.6 Å². The van der Waals surface area contributed by atoms with Crippen molar-refractivity contribution in [3.8, 4) is 0 Å². The molecule has 0 aromatic heterocycles. The molecule has 2 aliphatic carbocycles. The van der Waals surface area contributed by atoms with Crippen LogP contribution in [0.1, 0.15) is 72.1 Å². The van der Waals surface area contributed by atoms with E-state index in [0.717, 1.165) is 18.5 Å². The molecule has 2 heteroatoms. The molecule has 112 valence electrons. The molecular weight excluding hydrogens is 232 g/mol. The van der Waals surface area contributed by atoms with Gasteiger partial charge in [0.15, 0.2) is 0 Å². The van der Waals surface area contributed by atoms with Gasteiger partial charge in [-0.2, -0.15) is 0 Å². The van der Waals surface area contributed by atoms with E-state index < -0.39 is 0 Å². The maximum atomic E-state index is 3.87. The molecule has 0 aromatic rings. The Bertz CT molecular complexity index is 250. The molecule has 19 heavy (non-hydrogen) atoms. The standard InChI is InChI=1S/C17H34N2/c1-4-18-16(14-15-10-9-11-15)17(12-7-8-13-17)19(5-2)6-3/h15-16,18H,4-14H2,1-3H3. The second-order valence-electron chi connectivity index (χ2n) is 6.63. The van der Waals surface area contributed by atoms with Gasteiger partial charge < -0.3 is 5.32 Å². The van der Waals surface area contributed by atoms with Crippen LogP contribution in [0, 0.1) is 5.92 Å². The first-order chi connectivity index (χ1) is 9.26. The number of hydrogen-bond donors (Lipinski definition) is 1. The van der Waals surface area contributed by atoms with E-state index >= 15 is 0 Å². The zero-order valence-electron chi connectivity index (χ0n) is 13.4. The average Bonchev–Trinajstić information content (AvgIpc) is 2.84. The van der Waals surface area contributed by atoms with Gasteiger partial charge >= 0.3 is 0 Å². The van der Waals surface area contributed by atoms with Gasteiger partial charge in [-0.25, -0.2) is 0 Å². The van der Waals surface area contributed by atoms with Crippen molar-refractivity contribution >= 4 is 0 Å². The molecule has 0 heterocycles. The van der Waals surface area contributed by atoms with E-state index in [-0.39, 0.29) is 0 Å².